The third-order valence-corrected chi connectivity index (χ3v) is 5.51. The second-order valence-electron chi connectivity index (χ2n) is 8.27. The Kier molecular flexibility index (Phi) is 9.06. The molecule has 3 aromatic carbocycles. The van der Waals surface area contributed by atoms with Crippen molar-refractivity contribution in [3.63, 3.8) is 0 Å². The predicted molar refractivity (Wildman–Crippen MR) is 139 cm³/mol. The monoisotopic (exact) mass is 484 g/mol. The van der Waals surface area contributed by atoms with Crippen molar-refractivity contribution in [1.29, 1.82) is 5.26 Å². The average molecular weight is 485 g/mol. The van der Waals surface area contributed by atoms with Crippen LogP contribution in [0.15, 0.2) is 84.9 Å². The maximum absolute atomic E-state index is 12.6. The number of aromatic hydroxyl groups is 1. The van der Waals surface area contributed by atoms with Crippen molar-refractivity contribution in [3.05, 3.63) is 96.1 Å². The number of carbonyl (C=O) groups is 2. The molecule has 0 heterocycles. The van der Waals surface area contributed by atoms with Gasteiger partial charge in [-0.15, -0.1) is 0 Å². The number of nitrogens with two attached hydrogens (primary N) is 1. The lowest BCUT2D eigenvalue weighted by molar-refractivity contribution is -0.111. The van der Waals surface area contributed by atoms with E-state index < -0.39 is 12.2 Å². The number of allylic oxidation sites excluding steroid dienone is 1. The van der Waals surface area contributed by atoms with E-state index in [1.165, 1.54) is 18.2 Å². The van der Waals surface area contributed by atoms with Gasteiger partial charge in [-0.05, 0) is 78.9 Å². The summed E-state index contributed by atoms with van der Waals surface area (Å²) in [6, 6.07) is 22.0. The number of phenolic OH excluding ortho intramolecular Hbond substituents is 1. The van der Waals surface area contributed by atoms with Gasteiger partial charge in [0.1, 0.15) is 11.9 Å². The molecule has 0 saturated heterocycles. The Labute approximate surface area is 210 Å². The number of anilines is 3. The number of nitrogens with one attached hydrogen (secondary N) is 2. The fourth-order valence-corrected chi connectivity index (χ4v) is 3.55. The molecule has 0 saturated carbocycles. The number of benzene rings is 3. The Bertz CT molecular complexity index is 1250. The molecule has 184 valence electrons. The lowest BCUT2D eigenvalue weighted by Crippen LogP contribution is -2.22. The molecule has 3 aromatic rings. The highest BCUT2D eigenvalue weighted by atomic mass is 16.6. The normalized spacial score (nSPS) is 12.3. The number of nitriles is 1. The molecule has 0 aromatic heterocycles. The van der Waals surface area contributed by atoms with Gasteiger partial charge in [-0.25, -0.2) is 4.79 Å². The Hall–Kier alpha value is -4.77. The van der Waals surface area contributed by atoms with Gasteiger partial charge in [0.2, 0.25) is 5.91 Å². The minimum Gasteiger partial charge on any atom is -0.508 e. The molecule has 36 heavy (non-hydrogen) atoms. The van der Waals surface area contributed by atoms with E-state index in [4.69, 9.17) is 15.7 Å². The summed E-state index contributed by atoms with van der Waals surface area (Å²) in [7, 11) is 0. The molecule has 3 rings (SSSR count). The van der Waals surface area contributed by atoms with E-state index in [1.807, 2.05) is 13.0 Å². The predicted octanol–water partition coefficient (Wildman–Crippen LogP) is 5.75. The summed E-state index contributed by atoms with van der Waals surface area (Å²) in [5.41, 5.74) is 8.61. The van der Waals surface area contributed by atoms with Gasteiger partial charge in [-0.3, -0.25) is 10.1 Å². The number of nitrogen functional groups attached to an aromatic ring is 1. The second-order valence-corrected chi connectivity index (χ2v) is 8.27. The maximum atomic E-state index is 12.6. The van der Waals surface area contributed by atoms with E-state index in [-0.39, 0.29) is 17.6 Å². The first kappa shape index (κ1) is 25.8. The molecule has 5 N–H and O–H groups in total. The topological polar surface area (TPSA) is 137 Å². The van der Waals surface area contributed by atoms with Crippen molar-refractivity contribution in [2.24, 2.45) is 5.92 Å². The molecule has 0 aliphatic carbocycles. The molecular weight excluding hydrogens is 456 g/mol. The van der Waals surface area contributed by atoms with Crippen molar-refractivity contribution in [2.75, 3.05) is 16.4 Å². The zero-order chi connectivity index (χ0) is 25.9. The SMILES string of the molecule is C[C@@H](CC/C=C/C(=O)Nc1ccccc1N)[C@@H](OC(=O)Nc1ccc(C#N)cc1)c1ccc(O)cc1. The summed E-state index contributed by atoms with van der Waals surface area (Å²) in [5.74, 6) is -0.271. The summed E-state index contributed by atoms with van der Waals surface area (Å²) >= 11 is 0. The van der Waals surface area contributed by atoms with Crippen molar-refractivity contribution in [2.45, 2.75) is 25.9 Å². The van der Waals surface area contributed by atoms with Crippen LogP contribution in [-0.4, -0.2) is 17.1 Å². The lowest BCUT2D eigenvalue weighted by atomic mass is 9.93. The van der Waals surface area contributed by atoms with Crippen LogP contribution in [0.2, 0.25) is 0 Å². The first-order chi connectivity index (χ1) is 17.4. The summed E-state index contributed by atoms with van der Waals surface area (Å²) in [6.45, 7) is 1.95. The van der Waals surface area contributed by atoms with Crippen molar-refractivity contribution in [1.82, 2.24) is 0 Å². The van der Waals surface area contributed by atoms with Crippen LogP contribution in [0.4, 0.5) is 21.9 Å². The van der Waals surface area contributed by atoms with Crippen LogP contribution in [-0.2, 0) is 9.53 Å². The number of hydrogen-bond donors (Lipinski definition) is 4. The Morgan fingerprint density at radius 2 is 1.75 bits per heavy atom. The van der Waals surface area contributed by atoms with Crippen LogP contribution in [0.25, 0.3) is 0 Å². The number of para-hydroxylation sites is 2. The van der Waals surface area contributed by atoms with Crippen LogP contribution < -0.4 is 16.4 Å². The fourth-order valence-electron chi connectivity index (χ4n) is 3.55. The van der Waals surface area contributed by atoms with Gasteiger partial charge < -0.3 is 20.9 Å². The Morgan fingerprint density at radius 1 is 1.06 bits per heavy atom. The molecule has 0 aliphatic heterocycles. The molecule has 8 heteroatoms. The number of amides is 2. The third kappa shape index (κ3) is 7.64. The number of hydrogen-bond acceptors (Lipinski definition) is 6. The Balaban J connectivity index is 1.60. The molecule has 2 amide bonds. The van der Waals surface area contributed by atoms with E-state index in [0.717, 1.165) is 5.56 Å². The first-order valence-corrected chi connectivity index (χ1v) is 11.4. The highest BCUT2D eigenvalue weighted by molar-refractivity contribution is 6.01. The van der Waals surface area contributed by atoms with E-state index in [1.54, 1.807) is 66.7 Å². The standard InChI is InChI=1S/C28H28N4O4/c1-19(6-2-5-9-26(34)32-25-8-4-3-7-24(25)30)27(21-12-16-23(33)17-13-21)36-28(35)31-22-14-10-20(18-29)11-15-22/h3-5,7-17,19,27,33H,2,6,30H2,1H3,(H,31,35)(H,32,34)/b9-5+/t19-,27+/m0/s1. The maximum Gasteiger partial charge on any atom is 0.412 e. The van der Waals surface area contributed by atoms with Crippen molar-refractivity contribution < 1.29 is 19.4 Å². The van der Waals surface area contributed by atoms with Crippen LogP contribution >= 0.6 is 0 Å². The van der Waals surface area contributed by atoms with Gasteiger partial charge in [-0.2, -0.15) is 5.26 Å². The number of rotatable bonds is 9. The highest BCUT2D eigenvalue weighted by Crippen LogP contribution is 2.31. The molecule has 8 nitrogen and oxygen atoms in total. The fraction of sp³-hybridized carbons (Fsp3) is 0.179. The smallest absolute Gasteiger partial charge is 0.412 e. The lowest BCUT2D eigenvalue weighted by Gasteiger charge is -2.24. The molecule has 2 atom stereocenters. The highest BCUT2D eigenvalue weighted by Gasteiger charge is 2.23. The van der Waals surface area contributed by atoms with Gasteiger partial charge in [0.25, 0.3) is 0 Å². The van der Waals surface area contributed by atoms with Crippen LogP contribution in [0.5, 0.6) is 5.75 Å². The first-order valence-electron chi connectivity index (χ1n) is 11.4. The van der Waals surface area contributed by atoms with E-state index >= 15 is 0 Å². The van der Waals surface area contributed by atoms with E-state index in [0.29, 0.717) is 35.5 Å². The largest absolute Gasteiger partial charge is 0.508 e. The number of nitrogens with zero attached hydrogens (tertiary/aromatic N) is 1. The Morgan fingerprint density at radius 3 is 2.42 bits per heavy atom. The zero-order valence-electron chi connectivity index (χ0n) is 19.8. The summed E-state index contributed by atoms with van der Waals surface area (Å²) in [5, 5.41) is 24.0. The van der Waals surface area contributed by atoms with Gasteiger partial charge >= 0.3 is 6.09 Å². The second kappa shape index (κ2) is 12.6. The number of carbonyl (C=O) groups excluding carboxylic acids is 2. The van der Waals surface area contributed by atoms with Crippen molar-refractivity contribution >= 4 is 29.1 Å². The van der Waals surface area contributed by atoms with Gasteiger partial charge in [0.05, 0.1) is 23.0 Å². The number of ether oxygens (including phenoxy) is 1. The molecule has 0 radical (unpaired) electrons. The zero-order valence-corrected chi connectivity index (χ0v) is 19.8. The number of phenols is 1. The average Bonchev–Trinajstić information content (AvgIpc) is 2.87. The van der Waals surface area contributed by atoms with Crippen LogP contribution in [0.1, 0.15) is 37.0 Å². The quantitative estimate of drug-likeness (QED) is 0.225. The molecule has 0 fully saturated rings. The van der Waals surface area contributed by atoms with Gasteiger partial charge in [0.15, 0.2) is 0 Å². The summed E-state index contributed by atoms with van der Waals surface area (Å²) in [4.78, 5) is 24.8. The molecule has 0 bridgehead atoms. The van der Waals surface area contributed by atoms with E-state index in [2.05, 4.69) is 10.6 Å². The van der Waals surface area contributed by atoms with Gasteiger partial charge in [0, 0.05) is 5.69 Å². The van der Waals surface area contributed by atoms with E-state index in [9.17, 15) is 14.7 Å². The van der Waals surface area contributed by atoms with Gasteiger partial charge in [-0.1, -0.05) is 37.3 Å². The summed E-state index contributed by atoms with van der Waals surface area (Å²) in [6.07, 6.45) is 3.19. The summed E-state index contributed by atoms with van der Waals surface area (Å²) < 4.78 is 5.76. The molecular formula is C28H28N4O4. The van der Waals surface area contributed by atoms with Crippen LogP contribution in [0, 0.1) is 17.2 Å². The minimum absolute atomic E-state index is 0.0984. The van der Waals surface area contributed by atoms with Crippen LogP contribution in [0.3, 0.4) is 0 Å². The van der Waals surface area contributed by atoms with Crippen molar-refractivity contribution in [3.8, 4) is 11.8 Å². The molecule has 0 unspecified atom stereocenters. The minimum atomic E-state index is -0.639. The molecule has 0 spiro atoms. The molecule has 0 aliphatic rings. The third-order valence-electron chi connectivity index (χ3n) is 5.51.